The van der Waals surface area contributed by atoms with Crippen LogP contribution in [0.25, 0.3) is 0 Å². The maximum atomic E-state index is 12.4. The molecule has 21 heavy (non-hydrogen) atoms. The van der Waals surface area contributed by atoms with Gasteiger partial charge in [0.1, 0.15) is 11.6 Å². The highest BCUT2D eigenvalue weighted by atomic mass is 19.4. The number of halogens is 3. The van der Waals surface area contributed by atoms with Crippen molar-refractivity contribution in [2.75, 3.05) is 0 Å². The fourth-order valence-electron chi connectivity index (χ4n) is 3.09. The van der Waals surface area contributed by atoms with Gasteiger partial charge in [0.15, 0.2) is 0 Å². The second-order valence-electron chi connectivity index (χ2n) is 6.39. The Labute approximate surface area is 121 Å². The van der Waals surface area contributed by atoms with Gasteiger partial charge in [0.25, 0.3) is 0 Å². The van der Waals surface area contributed by atoms with E-state index in [1.165, 1.54) is 4.90 Å². The summed E-state index contributed by atoms with van der Waals surface area (Å²) in [7, 11) is 0. The van der Waals surface area contributed by atoms with Crippen LogP contribution in [0.1, 0.15) is 33.6 Å². The van der Waals surface area contributed by atoms with Crippen molar-refractivity contribution in [1.29, 1.82) is 0 Å². The van der Waals surface area contributed by atoms with E-state index in [1.807, 2.05) is 0 Å². The lowest BCUT2D eigenvalue weighted by Gasteiger charge is -2.37. The Kier molecular flexibility index (Phi) is 3.87. The van der Waals surface area contributed by atoms with Gasteiger partial charge in [-0.3, -0.25) is 9.64 Å². The van der Waals surface area contributed by atoms with E-state index in [0.29, 0.717) is 6.42 Å². The summed E-state index contributed by atoms with van der Waals surface area (Å²) < 4.78 is 46.5. The first kappa shape index (κ1) is 16.0. The minimum absolute atomic E-state index is 0.127. The normalized spacial score (nSPS) is 32.1. The number of fused-ring (bicyclic) bond motifs is 2. The van der Waals surface area contributed by atoms with Gasteiger partial charge in [-0.15, -0.1) is 19.6 Å². The van der Waals surface area contributed by atoms with Crippen LogP contribution in [-0.4, -0.2) is 41.1 Å². The molecule has 1 heterocycles. The Balaban J connectivity index is 2.10. The maximum Gasteiger partial charge on any atom is 0.522 e. The molecule has 0 N–H and O–H groups in total. The SMILES string of the molecule is C#CC1C2CC(CC2OC(F)(F)F)N1C(=O)OC(C)(C)C. The number of hydrogen-bond acceptors (Lipinski definition) is 3. The molecule has 0 spiro atoms. The Hall–Kier alpha value is -1.42. The average Bonchev–Trinajstić information content (AvgIpc) is 2.80. The zero-order valence-electron chi connectivity index (χ0n) is 12.1. The van der Waals surface area contributed by atoms with Crippen LogP contribution in [0.3, 0.4) is 0 Å². The molecule has 1 aliphatic heterocycles. The monoisotopic (exact) mass is 305 g/mol. The summed E-state index contributed by atoms with van der Waals surface area (Å²) in [6.45, 7) is 5.17. The largest absolute Gasteiger partial charge is 0.522 e. The van der Waals surface area contributed by atoms with Crippen molar-refractivity contribution in [3.8, 4) is 12.3 Å². The first-order valence-electron chi connectivity index (χ1n) is 6.74. The van der Waals surface area contributed by atoms with Crippen LogP contribution in [-0.2, 0) is 9.47 Å². The minimum Gasteiger partial charge on any atom is -0.444 e. The first-order valence-corrected chi connectivity index (χ1v) is 6.74. The van der Waals surface area contributed by atoms with Crippen LogP contribution >= 0.6 is 0 Å². The average molecular weight is 305 g/mol. The topological polar surface area (TPSA) is 38.8 Å². The molecule has 2 fully saturated rings. The van der Waals surface area contributed by atoms with Crippen LogP contribution in [0.4, 0.5) is 18.0 Å². The second kappa shape index (κ2) is 5.09. The number of nitrogens with zero attached hydrogens (tertiary/aromatic N) is 1. The second-order valence-corrected chi connectivity index (χ2v) is 6.39. The quantitative estimate of drug-likeness (QED) is 0.699. The van der Waals surface area contributed by atoms with Crippen LogP contribution < -0.4 is 0 Å². The van der Waals surface area contributed by atoms with Crippen molar-refractivity contribution in [3.05, 3.63) is 0 Å². The molecular formula is C14H18F3NO3. The molecule has 4 nitrogen and oxygen atoms in total. The molecule has 7 heteroatoms. The Morgan fingerprint density at radius 2 is 1.90 bits per heavy atom. The van der Waals surface area contributed by atoms with Gasteiger partial charge in [0.2, 0.25) is 0 Å². The summed E-state index contributed by atoms with van der Waals surface area (Å²) in [5.41, 5.74) is -0.681. The molecule has 1 saturated heterocycles. The molecule has 1 saturated carbocycles. The number of hydrogen-bond donors (Lipinski definition) is 0. The molecule has 0 aromatic rings. The molecule has 1 aliphatic carbocycles. The molecule has 1 amide bonds. The van der Waals surface area contributed by atoms with Gasteiger partial charge >= 0.3 is 12.5 Å². The molecule has 0 radical (unpaired) electrons. The van der Waals surface area contributed by atoms with Gasteiger partial charge in [-0.05, 0) is 33.6 Å². The third kappa shape index (κ3) is 3.43. The number of terminal acetylenes is 1. The number of ether oxygens (including phenoxy) is 2. The Morgan fingerprint density at radius 3 is 2.38 bits per heavy atom. The van der Waals surface area contributed by atoms with Crippen molar-refractivity contribution in [1.82, 2.24) is 4.90 Å². The highest BCUT2D eigenvalue weighted by Gasteiger charge is 2.56. The lowest BCUT2D eigenvalue weighted by atomic mass is 9.96. The summed E-state index contributed by atoms with van der Waals surface area (Å²) in [5.74, 6) is 1.90. The molecule has 0 aromatic carbocycles. The van der Waals surface area contributed by atoms with Gasteiger partial charge in [-0.2, -0.15) is 0 Å². The number of carbonyl (C=O) groups is 1. The summed E-state index contributed by atoms with van der Waals surface area (Å²) in [6, 6.07) is -1.08. The Morgan fingerprint density at radius 1 is 1.29 bits per heavy atom. The fourth-order valence-corrected chi connectivity index (χ4v) is 3.09. The highest BCUT2D eigenvalue weighted by molar-refractivity contribution is 5.70. The van der Waals surface area contributed by atoms with Crippen LogP contribution in [0, 0.1) is 18.3 Å². The Bertz CT molecular complexity index is 464. The van der Waals surface area contributed by atoms with Crippen molar-refractivity contribution in [2.45, 2.75) is 63.8 Å². The van der Waals surface area contributed by atoms with Crippen molar-refractivity contribution in [3.63, 3.8) is 0 Å². The van der Waals surface area contributed by atoms with E-state index in [1.54, 1.807) is 20.8 Å². The van der Waals surface area contributed by atoms with Crippen LogP contribution in [0.5, 0.6) is 0 Å². The van der Waals surface area contributed by atoms with E-state index in [0.717, 1.165) is 0 Å². The molecular weight excluding hydrogens is 287 g/mol. The molecule has 2 aliphatic rings. The van der Waals surface area contributed by atoms with E-state index in [9.17, 15) is 18.0 Å². The third-order valence-electron chi connectivity index (χ3n) is 3.68. The lowest BCUT2D eigenvalue weighted by molar-refractivity contribution is -0.348. The molecule has 0 aromatic heterocycles. The van der Waals surface area contributed by atoms with Crippen LogP contribution in [0.2, 0.25) is 0 Å². The number of likely N-dealkylation sites (tertiary alicyclic amines) is 1. The van der Waals surface area contributed by atoms with Crippen molar-refractivity contribution < 1.29 is 27.4 Å². The summed E-state index contributed by atoms with van der Waals surface area (Å²) >= 11 is 0. The fraction of sp³-hybridized carbons (Fsp3) is 0.786. The number of rotatable bonds is 1. The van der Waals surface area contributed by atoms with E-state index in [-0.39, 0.29) is 12.5 Å². The predicted molar refractivity (Wildman–Crippen MR) is 68.1 cm³/mol. The van der Waals surface area contributed by atoms with Crippen molar-refractivity contribution >= 4 is 6.09 Å². The zero-order chi connectivity index (χ0) is 16.0. The van der Waals surface area contributed by atoms with Gasteiger partial charge < -0.3 is 4.74 Å². The predicted octanol–water partition coefficient (Wildman–Crippen LogP) is 2.92. The summed E-state index contributed by atoms with van der Waals surface area (Å²) in [6.07, 6.45) is -0.320. The maximum absolute atomic E-state index is 12.4. The first-order chi connectivity index (χ1) is 9.52. The van der Waals surface area contributed by atoms with Gasteiger partial charge in [-0.1, -0.05) is 5.92 Å². The number of alkyl halides is 3. The number of amides is 1. The smallest absolute Gasteiger partial charge is 0.444 e. The van der Waals surface area contributed by atoms with Gasteiger partial charge in [-0.25, -0.2) is 4.79 Å². The van der Waals surface area contributed by atoms with Gasteiger partial charge in [0.05, 0.1) is 6.10 Å². The standard InChI is InChI=1S/C14H18F3NO3/c1-5-10-9-6-8(7-11(9)20-14(15,16)17)18(10)12(19)21-13(2,3)4/h1,8-11H,6-7H2,2-4H3. The lowest BCUT2D eigenvalue weighted by Crippen LogP contribution is -2.51. The summed E-state index contributed by atoms with van der Waals surface area (Å²) in [5, 5.41) is 0. The molecule has 4 unspecified atom stereocenters. The number of piperidine rings is 1. The molecule has 2 bridgehead atoms. The van der Waals surface area contributed by atoms with Gasteiger partial charge in [0, 0.05) is 12.0 Å². The molecule has 2 rings (SSSR count). The van der Waals surface area contributed by atoms with E-state index < -0.39 is 36.1 Å². The summed E-state index contributed by atoms with van der Waals surface area (Å²) in [4.78, 5) is 13.5. The highest BCUT2D eigenvalue weighted by Crippen LogP contribution is 2.46. The zero-order valence-corrected chi connectivity index (χ0v) is 12.1. The third-order valence-corrected chi connectivity index (χ3v) is 3.68. The van der Waals surface area contributed by atoms with E-state index in [2.05, 4.69) is 10.7 Å². The molecule has 4 atom stereocenters. The van der Waals surface area contributed by atoms with E-state index >= 15 is 0 Å². The molecule has 118 valence electrons. The van der Waals surface area contributed by atoms with E-state index in [4.69, 9.17) is 11.2 Å². The number of carbonyl (C=O) groups excluding carboxylic acids is 1. The van der Waals surface area contributed by atoms with Crippen LogP contribution in [0.15, 0.2) is 0 Å². The van der Waals surface area contributed by atoms with Crippen molar-refractivity contribution in [2.24, 2.45) is 5.92 Å². The minimum atomic E-state index is -4.69.